The molecule has 8 heteroatoms. The monoisotopic (exact) mass is 472 g/mol. The van der Waals surface area contributed by atoms with Gasteiger partial charge in [-0.1, -0.05) is 36.0 Å². The maximum absolute atomic E-state index is 13.7. The summed E-state index contributed by atoms with van der Waals surface area (Å²) in [6, 6.07) is 18.3. The quantitative estimate of drug-likeness (QED) is 0.303. The van der Waals surface area contributed by atoms with Gasteiger partial charge in [0.2, 0.25) is 5.91 Å². The fourth-order valence-corrected chi connectivity index (χ4v) is 5.68. The van der Waals surface area contributed by atoms with E-state index in [2.05, 4.69) is 16.8 Å². The molecule has 1 atom stereocenters. The Bertz CT molecular complexity index is 1450. The van der Waals surface area contributed by atoms with E-state index in [1.807, 2.05) is 30.3 Å². The molecule has 4 aromatic rings. The van der Waals surface area contributed by atoms with Crippen molar-refractivity contribution in [3.05, 3.63) is 81.5 Å². The molecule has 0 unspecified atom stereocenters. The number of nitriles is 1. The summed E-state index contributed by atoms with van der Waals surface area (Å²) in [5.74, 6) is 0.221. The second-order valence-corrected chi connectivity index (χ2v) is 10.1. The molecule has 0 spiro atoms. The first-order valence-corrected chi connectivity index (χ1v) is 12.4. The number of para-hydroxylation sites is 1. The molecule has 1 N–H and O–H groups in total. The maximum Gasteiger partial charge on any atom is 0.267 e. The van der Waals surface area contributed by atoms with Crippen LogP contribution in [0.4, 0.5) is 5.69 Å². The molecule has 2 aromatic heterocycles. The van der Waals surface area contributed by atoms with Crippen LogP contribution in [-0.2, 0) is 4.79 Å². The van der Waals surface area contributed by atoms with E-state index < -0.39 is 5.25 Å². The number of anilines is 1. The van der Waals surface area contributed by atoms with E-state index >= 15 is 0 Å². The number of hydrogen-bond donors (Lipinski definition) is 1. The summed E-state index contributed by atoms with van der Waals surface area (Å²) in [5, 5.41) is 14.7. The number of carbonyl (C=O) groups excluding carboxylic acids is 1. The minimum atomic E-state index is -0.516. The van der Waals surface area contributed by atoms with Gasteiger partial charge in [-0.3, -0.25) is 14.2 Å². The first-order valence-electron chi connectivity index (χ1n) is 10.6. The molecule has 5 rings (SSSR count). The molecule has 0 saturated heterocycles. The maximum atomic E-state index is 13.7. The van der Waals surface area contributed by atoms with Crippen molar-refractivity contribution >= 4 is 44.9 Å². The number of fused-ring (bicyclic) bond motifs is 1. The van der Waals surface area contributed by atoms with E-state index in [4.69, 9.17) is 10.2 Å². The largest absolute Gasteiger partial charge is 0.325 e. The molecule has 6 nitrogen and oxygen atoms in total. The smallest absolute Gasteiger partial charge is 0.267 e. The molecule has 1 aliphatic carbocycles. The van der Waals surface area contributed by atoms with Crippen LogP contribution in [0.5, 0.6) is 0 Å². The van der Waals surface area contributed by atoms with Gasteiger partial charge in [-0.2, -0.15) is 5.26 Å². The van der Waals surface area contributed by atoms with Crippen molar-refractivity contribution in [1.82, 2.24) is 9.55 Å². The summed E-state index contributed by atoms with van der Waals surface area (Å²) in [4.78, 5) is 32.1. The van der Waals surface area contributed by atoms with Gasteiger partial charge in [0.05, 0.1) is 28.0 Å². The molecule has 0 bridgehead atoms. The van der Waals surface area contributed by atoms with Gasteiger partial charge in [0.1, 0.15) is 4.83 Å². The summed E-state index contributed by atoms with van der Waals surface area (Å²) in [6.07, 6.45) is 2.22. The van der Waals surface area contributed by atoms with E-state index in [9.17, 15) is 9.59 Å². The molecular formula is C25H20N4O2S2. The van der Waals surface area contributed by atoms with Crippen molar-refractivity contribution in [2.75, 3.05) is 5.32 Å². The Morgan fingerprint density at radius 2 is 2.03 bits per heavy atom. The SMILES string of the molecule is C[C@H](Sc1nc2scc(C3CC3)c2c(=O)n1-c1ccccc1)C(=O)Nc1cccc(C#N)c1. The van der Waals surface area contributed by atoms with Gasteiger partial charge < -0.3 is 5.32 Å². The predicted octanol–water partition coefficient (Wildman–Crippen LogP) is 5.32. The second kappa shape index (κ2) is 8.85. The van der Waals surface area contributed by atoms with Gasteiger partial charge in [-0.25, -0.2) is 4.98 Å². The Labute approximate surface area is 198 Å². The molecule has 164 valence electrons. The Kier molecular flexibility index (Phi) is 5.75. The number of rotatable bonds is 6. The molecule has 33 heavy (non-hydrogen) atoms. The highest BCUT2D eigenvalue weighted by Gasteiger charge is 2.29. The fraction of sp³-hybridized carbons (Fsp3) is 0.200. The molecule has 1 saturated carbocycles. The molecule has 1 amide bonds. The van der Waals surface area contributed by atoms with Crippen LogP contribution in [0.3, 0.4) is 0 Å². The van der Waals surface area contributed by atoms with Crippen LogP contribution in [0.15, 0.2) is 69.9 Å². The second-order valence-electron chi connectivity index (χ2n) is 7.96. The molecule has 2 heterocycles. The third kappa shape index (κ3) is 4.30. The zero-order valence-electron chi connectivity index (χ0n) is 17.8. The third-order valence-corrected chi connectivity index (χ3v) is 7.49. The first kappa shape index (κ1) is 21.4. The Morgan fingerprint density at radius 1 is 1.24 bits per heavy atom. The minimum absolute atomic E-state index is 0.0915. The summed E-state index contributed by atoms with van der Waals surface area (Å²) < 4.78 is 1.62. The van der Waals surface area contributed by atoms with Crippen LogP contribution in [0.2, 0.25) is 0 Å². The summed E-state index contributed by atoms with van der Waals surface area (Å²) in [7, 11) is 0. The lowest BCUT2D eigenvalue weighted by atomic mass is 10.1. The van der Waals surface area contributed by atoms with Crippen LogP contribution >= 0.6 is 23.1 Å². The van der Waals surface area contributed by atoms with E-state index in [-0.39, 0.29) is 11.5 Å². The van der Waals surface area contributed by atoms with Crippen LogP contribution in [0, 0.1) is 11.3 Å². The summed E-state index contributed by atoms with van der Waals surface area (Å²) in [6.45, 7) is 1.78. The summed E-state index contributed by atoms with van der Waals surface area (Å²) >= 11 is 2.73. The number of thioether (sulfide) groups is 1. The van der Waals surface area contributed by atoms with Crippen LogP contribution in [0.25, 0.3) is 15.9 Å². The van der Waals surface area contributed by atoms with Crippen LogP contribution in [0.1, 0.15) is 36.8 Å². The molecule has 0 radical (unpaired) electrons. The van der Waals surface area contributed by atoms with Crippen molar-refractivity contribution in [3.8, 4) is 11.8 Å². The standard InChI is InChI=1S/C25H20N4O2S2/c1-15(22(30)27-18-7-5-6-16(12-18)13-26)33-25-28-23-21(20(14-32-23)17-10-11-17)24(31)29(25)19-8-3-2-4-9-19/h2-9,12,14-15,17H,10-11H2,1H3,(H,27,30)/t15-/m0/s1. The van der Waals surface area contributed by atoms with E-state index in [0.29, 0.717) is 32.5 Å². The highest BCUT2D eigenvalue weighted by atomic mass is 32.2. The van der Waals surface area contributed by atoms with Crippen LogP contribution in [-0.4, -0.2) is 20.7 Å². The van der Waals surface area contributed by atoms with Crippen molar-refractivity contribution in [2.45, 2.75) is 36.1 Å². The van der Waals surface area contributed by atoms with Crippen molar-refractivity contribution in [2.24, 2.45) is 0 Å². The highest BCUT2D eigenvalue weighted by Crippen LogP contribution is 2.44. The van der Waals surface area contributed by atoms with E-state index in [0.717, 1.165) is 24.1 Å². The number of hydrogen-bond acceptors (Lipinski definition) is 6. The number of amides is 1. The van der Waals surface area contributed by atoms with Crippen molar-refractivity contribution in [1.29, 1.82) is 5.26 Å². The predicted molar refractivity (Wildman–Crippen MR) is 132 cm³/mol. The number of carbonyl (C=O) groups is 1. The number of nitrogens with zero attached hydrogens (tertiary/aromatic N) is 3. The fourth-order valence-electron chi connectivity index (χ4n) is 3.69. The average Bonchev–Trinajstić information content (AvgIpc) is 3.59. The van der Waals surface area contributed by atoms with Gasteiger partial charge in [-0.15, -0.1) is 11.3 Å². The van der Waals surface area contributed by atoms with Crippen LogP contribution < -0.4 is 10.9 Å². The van der Waals surface area contributed by atoms with Gasteiger partial charge in [0.25, 0.3) is 5.56 Å². The zero-order chi connectivity index (χ0) is 22.9. The Morgan fingerprint density at radius 3 is 2.76 bits per heavy atom. The molecule has 1 fully saturated rings. The van der Waals surface area contributed by atoms with Gasteiger partial charge in [-0.05, 0) is 67.0 Å². The topological polar surface area (TPSA) is 87.8 Å². The molecule has 0 aliphatic heterocycles. The number of aromatic nitrogens is 2. The van der Waals surface area contributed by atoms with Crippen molar-refractivity contribution in [3.63, 3.8) is 0 Å². The minimum Gasteiger partial charge on any atom is -0.325 e. The number of nitrogens with one attached hydrogen (secondary N) is 1. The van der Waals surface area contributed by atoms with Gasteiger partial charge >= 0.3 is 0 Å². The average molecular weight is 473 g/mol. The first-order chi connectivity index (χ1) is 16.0. The number of thiophene rings is 1. The molecular weight excluding hydrogens is 452 g/mol. The number of benzene rings is 2. The molecule has 2 aromatic carbocycles. The lowest BCUT2D eigenvalue weighted by Gasteiger charge is -2.16. The normalized spacial score (nSPS) is 14.1. The summed E-state index contributed by atoms with van der Waals surface area (Å²) in [5.41, 5.74) is 2.76. The van der Waals surface area contributed by atoms with Crippen molar-refractivity contribution < 1.29 is 4.79 Å². The lowest BCUT2D eigenvalue weighted by Crippen LogP contribution is -2.26. The zero-order valence-corrected chi connectivity index (χ0v) is 19.5. The lowest BCUT2D eigenvalue weighted by molar-refractivity contribution is -0.115. The highest BCUT2D eigenvalue weighted by molar-refractivity contribution is 8.00. The Balaban J connectivity index is 1.51. The van der Waals surface area contributed by atoms with E-state index in [1.165, 1.54) is 23.1 Å². The van der Waals surface area contributed by atoms with Gasteiger partial charge in [0.15, 0.2) is 5.16 Å². The van der Waals surface area contributed by atoms with Gasteiger partial charge in [0, 0.05) is 5.69 Å². The molecule has 1 aliphatic rings. The Hall–Kier alpha value is -3.41. The van der Waals surface area contributed by atoms with E-state index in [1.54, 1.807) is 35.8 Å². The third-order valence-electron chi connectivity index (χ3n) is 5.55.